The van der Waals surface area contributed by atoms with Crippen LogP contribution in [0, 0.1) is 11.3 Å². The fraction of sp³-hybridized carbons (Fsp3) is 1.00. The zero-order valence-corrected chi connectivity index (χ0v) is 12.3. The van der Waals surface area contributed by atoms with Crippen molar-refractivity contribution in [3.8, 4) is 0 Å². The SMILES string of the molecule is C1CCC2(CC1)CCC(CNCC1(C3CC3)CC1)O2. The normalized spacial score (nSPS) is 35.7. The van der Waals surface area contributed by atoms with Crippen LogP contribution >= 0.6 is 0 Å². The van der Waals surface area contributed by atoms with Crippen molar-refractivity contribution in [2.45, 2.75) is 82.3 Å². The molecule has 0 aromatic heterocycles. The van der Waals surface area contributed by atoms with Crippen molar-refractivity contribution < 1.29 is 4.74 Å². The third-order valence-electron chi connectivity index (χ3n) is 6.29. The molecule has 0 amide bonds. The zero-order valence-electron chi connectivity index (χ0n) is 12.3. The molecule has 19 heavy (non-hydrogen) atoms. The Kier molecular flexibility index (Phi) is 3.15. The van der Waals surface area contributed by atoms with Gasteiger partial charge in [0.1, 0.15) is 0 Å². The van der Waals surface area contributed by atoms with Gasteiger partial charge in [-0.1, -0.05) is 19.3 Å². The van der Waals surface area contributed by atoms with Gasteiger partial charge < -0.3 is 10.1 Å². The van der Waals surface area contributed by atoms with Crippen molar-refractivity contribution in [3.63, 3.8) is 0 Å². The Morgan fingerprint density at radius 3 is 2.37 bits per heavy atom. The summed E-state index contributed by atoms with van der Waals surface area (Å²) in [6.45, 7) is 2.38. The van der Waals surface area contributed by atoms with E-state index in [0.29, 0.717) is 11.7 Å². The van der Waals surface area contributed by atoms with Gasteiger partial charge >= 0.3 is 0 Å². The van der Waals surface area contributed by atoms with E-state index in [4.69, 9.17) is 4.74 Å². The third kappa shape index (κ3) is 2.58. The molecule has 108 valence electrons. The second-order valence-electron chi connectivity index (χ2n) is 7.79. The van der Waals surface area contributed by atoms with Crippen LogP contribution in [0.15, 0.2) is 0 Å². The minimum Gasteiger partial charge on any atom is -0.370 e. The first kappa shape index (κ1) is 12.6. The van der Waals surface area contributed by atoms with Gasteiger partial charge in [0, 0.05) is 13.1 Å². The lowest BCUT2D eigenvalue weighted by Crippen LogP contribution is -2.36. The van der Waals surface area contributed by atoms with Crippen molar-refractivity contribution in [1.82, 2.24) is 5.32 Å². The Hall–Kier alpha value is -0.0800. The molecule has 1 N–H and O–H groups in total. The molecule has 2 heteroatoms. The van der Waals surface area contributed by atoms with Crippen LogP contribution in [0.3, 0.4) is 0 Å². The van der Waals surface area contributed by atoms with Crippen LogP contribution in [0.1, 0.15) is 70.6 Å². The average molecular weight is 263 g/mol. The Morgan fingerprint density at radius 2 is 1.68 bits per heavy atom. The van der Waals surface area contributed by atoms with Gasteiger partial charge in [-0.2, -0.15) is 0 Å². The van der Waals surface area contributed by atoms with E-state index in [1.165, 1.54) is 77.2 Å². The fourth-order valence-corrected chi connectivity index (χ4v) is 4.67. The maximum absolute atomic E-state index is 6.44. The topological polar surface area (TPSA) is 21.3 Å². The summed E-state index contributed by atoms with van der Waals surface area (Å²) in [6.07, 6.45) is 16.0. The minimum absolute atomic E-state index is 0.304. The molecule has 3 aliphatic carbocycles. The molecular formula is C17H29NO. The Morgan fingerprint density at radius 1 is 0.895 bits per heavy atom. The molecule has 0 radical (unpaired) electrons. The molecule has 1 aliphatic heterocycles. The molecule has 1 unspecified atom stereocenters. The van der Waals surface area contributed by atoms with Crippen LogP contribution in [-0.2, 0) is 4.74 Å². The van der Waals surface area contributed by atoms with Crippen LogP contribution in [0.2, 0.25) is 0 Å². The van der Waals surface area contributed by atoms with Gasteiger partial charge in [0.15, 0.2) is 0 Å². The first-order valence-electron chi connectivity index (χ1n) is 8.69. The summed E-state index contributed by atoms with van der Waals surface area (Å²) in [7, 11) is 0. The van der Waals surface area contributed by atoms with Gasteiger partial charge in [0.05, 0.1) is 11.7 Å². The Labute approximate surface area is 117 Å². The summed E-state index contributed by atoms with van der Waals surface area (Å²) in [5.74, 6) is 1.08. The van der Waals surface area contributed by atoms with E-state index in [0.717, 1.165) is 17.9 Å². The molecule has 2 nitrogen and oxygen atoms in total. The summed E-state index contributed by atoms with van der Waals surface area (Å²) in [5.41, 5.74) is 1.04. The number of nitrogens with one attached hydrogen (secondary N) is 1. The molecule has 1 heterocycles. The molecule has 1 saturated heterocycles. The van der Waals surface area contributed by atoms with Gasteiger partial charge in [-0.3, -0.25) is 0 Å². The van der Waals surface area contributed by atoms with E-state index in [9.17, 15) is 0 Å². The lowest BCUT2D eigenvalue weighted by molar-refractivity contribution is -0.0625. The highest BCUT2D eigenvalue weighted by atomic mass is 16.5. The summed E-state index contributed by atoms with van der Waals surface area (Å²) in [4.78, 5) is 0. The van der Waals surface area contributed by atoms with E-state index < -0.39 is 0 Å². The molecule has 4 aliphatic rings. The van der Waals surface area contributed by atoms with Gasteiger partial charge in [0.25, 0.3) is 0 Å². The molecule has 1 atom stereocenters. The third-order valence-corrected chi connectivity index (χ3v) is 6.29. The molecule has 0 aromatic carbocycles. The van der Waals surface area contributed by atoms with E-state index in [2.05, 4.69) is 5.32 Å². The highest BCUT2D eigenvalue weighted by Crippen LogP contribution is 2.60. The number of hydrogen-bond acceptors (Lipinski definition) is 2. The van der Waals surface area contributed by atoms with Crippen molar-refractivity contribution in [3.05, 3.63) is 0 Å². The highest BCUT2D eigenvalue weighted by Gasteiger charge is 2.53. The molecule has 4 rings (SSSR count). The molecule has 3 saturated carbocycles. The quantitative estimate of drug-likeness (QED) is 0.817. The van der Waals surface area contributed by atoms with Gasteiger partial charge in [-0.05, 0) is 62.7 Å². The summed E-state index contributed by atoms with van der Waals surface area (Å²) in [6, 6.07) is 0. The highest BCUT2D eigenvalue weighted by molar-refractivity contribution is 5.05. The largest absolute Gasteiger partial charge is 0.370 e. The predicted octanol–water partition coefficient (Wildman–Crippen LogP) is 3.65. The second kappa shape index (κ2) is 4.73. The lowest BCUT2D eigenvalue weighted by atomic mass is 9.83. The van der Waals surface area contributed by atoms with Crippen molar-refractivity contribution in [1.29, 1.82) is 0 Å². The van der Waals surface area contributed by atoms with E-state index >= 15 is 0 Å². The lowest BCUT2D eigenvalue weighted by Gasteiger charge is -2.33. The molecule has 0 aromatic rings. The van der Waals surface area contributed by atoms with Crippen LogP contribution < -0.4 is 5.32 Å². The van der Waals surface area contributed by atoms with Gasteiger partial charge in [-0.15, -0.1) is 0 Å². The maximum Gasteiger partial charge on any atom is 0.0708 e. The van der Waals surface area contributed by atoms with Crippen LogP contribution in [-0.4, -0.2) is 24.8 Å². The molecule has 4 fully saturated rings. The van der Waals surface area contributed by atoms with Crippen LogP contribution in [0.25, 0.3) is 0 Å². The number of hydrogen-bond donors (Lipinski definition) is 1. The molecule has 1 spiro atoms. The van der Waals surface area contributed by atoms with Crippen molar-refractivity contribution in [2.24, 2.45) is 11.3 Å². The minimum atomic E-state index is 0.304. The maximum atomic E-state index is 6.44. The average Bonchev–Trinajstić information content (AvgIpc) is 3.31. The summed E-state index contributed by atoms with van der Waals surface area (Å²) in [5, 5.41) is 3.75. The number of rotatable bonds is 5. The molecule has 0 bridgehead atoms. The molecular weight excluding hydrogens is 234 g/mol. The standard InChI is InChI=1S/C17H29NO/c1-2-7-17(8-3-1)9-6-15(19-17)12-18-13-16(10-11-16)14-4-5-14/h14-15,18H,1-13H2. The monoisotopic (exact) mass is 263 g/mol. The van der Waals surface area contributed by atoms with E-state index in [-0.39, 0.29) is 0 Å². The summed E-state index contributed by atoms with van der Waals surface area (Å²) >= 11 is 0. The second-order valence-corrected chi connectivity index (χ2v) is 7.79. The van der Waals surface area contributed by atoms with Gasteiger partial charge in [-0.25, -0.2) is 0 Å². The van der Waals surface area contributed by atoms with E-state index in [1.54, 1.807) is 0 Å². The predicted molar refractivity (Wildman–Crippen MR) is 77.2 cm³/mol. The fourth-order valence-electron chi connectivity index (χ4n) is 4.67. The van der Waals surface area contributed by atoms with Crippen molar-refractivity contribution in [2.75, 3.05) is 13.1 Å². The van der Waals surface area contributed by atoms with Crippen LogP contribution in [0.5, 0.6) is 0 Å². The van der Waals surface area contributed by atoms with Crippen molar-refractivity contribution >= 4 is 0 Å². The Balaban J connectivity index is 1.22. The smallest absolute Gasteiger partial charge is 0.0708 e. The Bertz CT molecular complexity index is 326. The van der Waals surface area contributed by atoms with Gasteiger partial charge in [0.2, 0.25) is 0 Å². The van der Waals surface area contributed by atoms with E-state index in [1.807, 2.05) is 0 Å². The first-order chi connectivity index (χ1) is 9.30. The number of ether oxygens (including phenoxy) is 1. The van der Waals surface area contributed by atoms with Crippen LogP contribution in [0.4, 0.5) is 0 Å². The summed E-state index contributed by atoms with van der Waals surface area (Å²) < 4.78 is 6.44. The zero-order chi connectivity index (χ0) is 12.8. The first-order valence-corrected chi connectivity index (χ1v) is 8.69.